The van der Waals surface area contributed by atoms with E-state index in [1.165, 1.54) is 0 Å². The van der Waals surface area contributed by atoms with Crippen molar-refractivity contribution in [3.8, 4) is 0 Å². The van der Waals surface area contributed by atoms with Crippen molar-refractivity contribution in [3.63, 3.8) is 0 Å². The largest absolute Gasteiger partial charge is 0.274 e. The lowest BCUT2D eigenvalue weighted by atomic mass is 10.1. The number of benzene rings is 2. The van der Waals surface area contributed by atoms with Crippen molar-refractivity contribution in [2.75, 3.05) is 0 Å². The molecule has 0 spiro atoms. The van der Waals surface area contributed by atoms with Gasteiger partial charge in [0.1, 0.15) is 0 Å². The molecule has 0 bridgehead atoms. The minimum absolute atomic E-state index is 0.161. The molecule has 1 N–H and O–H groups in total. The van der Waals surface area contributed by atoms with Crippen molar-refractivity contribution in [2.24, 2.45) is 5.92 Å². The summed E-state index contributed by atoms with van der Waals surface area (Å²) in [6.07, 6.45) is 1.35. The highest BCUT2D eigenvalue weighted by atomic mass is 32.2. The van der Waals surface area contributed by atoms with E-state index in [0.29, 0.717) is 17.2 Å². The van der Waals surface area contributed by atoms with Crippen LogP contribution < -0.4 is 4.72 Å². The molecule has 2 aromatic rings. The van der Waals surface area contributed by atoms with Crippen molar-refractivity contribution in [3.05, 3.63) is 42.5 Å². The predicted octanol–water partition coefficient (Wildman–Crippen LogP) is 3.41. The monoisotopic (exact) mass is 289 g/mol. The molecule has 0 saturated carbocycles. The van der Waals surface area contributed by atoms with Gasteiger partial charge in [0.15, 0.2) is 11.0 Å². The van der Waals surface area contributed by atoms with Crippen LogP contribution in [0.5, 0.6) is 0 Å². The molecule has 4 heteroatoms. The first-order valence-corrected chi connectivity index (χ1v) is 7.95. The molecule has 0 radical (unpaired) electrons. The lowest BCUT2D eigenvalue weighted by Crippen LogP contribution is -2.27. The third-order valence-corrected chi connectivity index (χ3v) is 4.47. The second-order valence-electron chi connectivity index (χ2n) is 5.02. The zero-order chi connectivity index (χ0) is 14.5. The molecule has 0 aromatic heterocycles. The van der Waals surface area contributed by atoms with Crippen LogP contribution in [0.2, 0.25) is 0 Å². The van der Waals surface area contributed by atoms with Gasteiger partial charge < -0.3 is 0 Å². The van der Waals surface area contributed by atoms with Gasteiger partial charge in [-0.3, -0.25) is 9.52 Å². The van der Waals surface area contributed by atoms with Crippen LogP contribution in [0.4, 0.5) is 0 Å². The summed E-state index contributed by atoms with van der Waals surface area (Å²) in [4.78, 5) is 12.4. The Labute approximate surface area is 122 Å². The standard InChI is InChI=1S/C16H19NO2S/c1-3-12(2)10-16(18)17-20(19)15-9-8-13-6-4-5-7-14(13)11-15/h4-9,11-12H,3,10H2,1-2H3,(H,17,18)/t12-,20?/m0/s1. The summed E-state index contributed by atoms with van der Waals surface area (Å²) in [5, 5.41) is 2.12. The van der Waals surface area contributed by atoms with Crippen LogP contribution in [0.1, 0.15) is 26.7 Å². The predicted molar refractivity (Wildman–Crippen MR) is 82.6 cm³/mol. The average molecular weight is 289 g/mol. The molecule has 0 aliphatic carbocycles. The van der Waals surface area contributed by atoms with Crippen LogP contribution in [0, 0.1) is 5.92 Å². The average Bonchev–Trinajstić information content (AvgIpc) is 2.46. The van der Waals surface area contributed by atoms with Gasteiger partial charge in [0.05, 0.1) is 4.90 Å². The first kappa shape index (κ1) is 14.7. The fraction of sp³-hybridized carbons (Fsp3) is 0.312. The highest BCUT2D eigenvalue weighted by molar-refractivity contribution is 7.83. The highest BCUT2D eigenvalue weighted by Gasteiger charge is 2.11. The fourth-order valence-electron chi connectivity index (χ4n) is 1.95. The molecule has 2 aromatic carbocycles. The number of rotatable bonds is 5. The topological polar surface area (TPSA) is 46.2 Å². The molecule has 0 aliphatic heterocycles. The van der Waals surface area contributed by atoms with Gasteiger partial charge >= 0.3 is 0 Å². The van der Waals surface area contributed by atoms with Gasteiger partial charge in [-0.1, -0.05) is 50.6 Å². The van der Waals surface area contributed by atoms with E-state index in [9.17, 15) is 9.00 Å². The number of hydrogen-bond donors (Lipinski definition) is 1. The van der Waals surface area contributed by atoms with E-state index in [4.69, 9.17) is 0 Å². The van der Waals surface area contributed by atoms with Crippen molar-refractivity contribution < 1.29 is 9.00 Å². The Hall–Kier alpha value is -1.68. The highest BCUT2D eigenvalue weighted by Crippen LogP contribution is 2.17. The van der Waals surface area contributed by atoms with Gasteiger partial charge in [-0.25, -0.2) is 4.21 Å². The normalized spacial score (nSPS) is 13.9. The van der Waals surface area contributed by atoms with Crippen LogP contribution in [0.15, 0.2) is 47.4 Å². The fourth-order valence-corrected chi connectivity index (χ4v) is 2.78. The molecule has 0 heterocycles. The molecular weight excluding hydrogens is 270 g/mol. The van der Waals surface area contributed by atoms with Gasteiger partial charge in [0, 0.05) is 6.42 Å². The zero-order valence-corrected chi connectivity index (χ0v) is 12.6. The second-order valence-corrected chi connectivity index (χ2v) is 6.23. The van der Waals surface area contributed by atoms with E-state index in [0.717, 1.165) is 17.2 Å². The number of fused-ring (bicyclic) bond motifs is 1. The van der Waals surface area contributed by atoms with Gasteiger partial charge in [-0.2, -0.15) is 0 Å². The van der Waals surface area contributed by atoms with E-state index in [1.807, 2.05) is 50.2 Å². The molecule has 1 amide bonds. The zero-order valence-electron chi connectivity index (χ0n) is 11.8. The quantitative estimate of drug-likeness (QED) is 0.916. The minimum atomic E-state index is -1.49. The lowest BCUT2D eigenvalue weighted by Gasteiger charge is -2.09. The summed E-state index contributed by atoms with van der Waals surface area (Å²) in [5.74, 6) is 0.148. The molecule has 3 nitrogen and oxygen atoms in total. The van der Waals surface area contributed by atoms with Gasteiger partial charge in [0.25, 0.3) is 0 Å². The van der Waals surface area contributed by atoms with Crippen LogP contribution in [0.25, 0.3) is 10.8 Å². The summed E-state index contributed by atoms with van der Waals surface area (Å²) in [7, 11) is -1.49. The van der Waals surface area contributed by atoms with Crippen LogP contribution >= 0.6 is 0 Å². The summed E-state index contributed by atoms with van der Waals surface area (Å²) in [6.45, 7) is 4.05. The number of carbonyl (C=O) groups is 1. The number of hydrogen-bond acceptors (Lipinski definition) is 2. The molecule has 2 atom stereocenters. The Kier molecular flexibility index (Phi) is 4.90. The maximum Gasteiger partial charge on any atom is 0.232 e. The van der Waals surface area contributed by atoms with Crippen LogP contribution in [-0.4, -0.2) is 10.1 Å². The van der Waals surface area contributed by atoms with Crippen molar-refractivity contribution >= 4 is 27.7 Å². The molecule has 1 unspecified atom stereocenters. The Morgan fingerprint density at radius 3 is 2.60 bits per heavy atom. The minimum Gasteiger partial charge on any atom is -0.274 e. The number of nitrogens with one attached hydrogen (secondary N) is 1. The molecule has 20 heavy (non-hydrogen) atoms. The first-order chi connectivity index (χ1) is 9.60. The van der Waals surface area contributed by atoms with E-state index in [-0.39, 0.29) is 5.91 Å². The number of carbonyl (C=O) groups excluding carboxylic acids is 1. The van der Waals surface area contributed by atoms with Gasteiger partial charge in [0.2, 0.25) is 5.91 Å². The smallest absolute Gasteiger partial charge is 0.232 e. The van der Waals surface area contributed by atoms with E-state index >= 15 is 0 Å². The molecule has 0 saturated heterocycles. The van der Waals surface area contributed by atoms with E-state index < -0.39 is 11.0 Å². The molecule has 2 rings (SSSR count). The Balaban J connectivity index is 2.09. The van der Waals surface area contributed by atoms with E-state index in [2.05, 4.69) is 4.72 Å². The van der Waals surface area contributed by atoms with E-state index in [1.54, 1.807) is 6.07 Å². The summed E-state index contributed by atoms with van der Waals surface area (Å²) >= 11 is 0. The third-order valence-electron chi connectivity index (χ3n) is 3.37. The maximum absolute atomic E-state index is 12.1. The molecular formula is C16H19NO2S. The SMILES string of the molecule is CC[C@H](C)CC(=O)NS(=O)c1ccc2ccccc2c1. The van der Waals surface area contributed by atoms with Crippen molar-refractivity contribution in [2.45, 2.75) is 31.6 Å². The summed E-state index contributed by atoms with van der Waals surface area (Å²) < 4.78 is 14.7. The number of amides is 1. The van der Waals surface area contributed by atoms with Gasteiger partial charge in [-0.05, 0) is 28.8 Å². The van der Waals surface area contributed by atoms with Crippen molar-refractivity contribution in [1.29, 1.82) is 0 Å². The van der Waals surface area contributed by atoms with Gasteiger partial charge in [-0.15, -0.1) is 0 Å². The second kappa shape index (κ2) is 6.66. The lowest BCUT2D eigenvalue weighted by molar-refractivity contribution is -0.120. The van der Waals surface area contributed by atoms with Crippen LogP contribution in [0.3, 0.4) is 0 Å². The maximum atomic E-state index is 12.1. The molecule has 0 fully saturated rings. The first-order valence-electron chi connectivity index (χ1n) is 6.80. The summed E-state index contributed by atoms with van der Waals surface area (Å²) in [6, 6.07) is 13.4. The Bertz CT molecular complexity index is 639. The van der Waals surface area contributed by atoms with Crippen molar-refractivity contribution in [1.82, 2.24) is 4.72 Å². The van der Waals surface area contributed by atoms with Crippen LogP contribution in [-0.2, 0) is 15.8 Å². The Morgan fingerprint density at radius 2 is 1.90 bits per heavy atom. The molecule has 0 aliphatic rings. The molecule has 106 valence electrons. The summed E-state index contributed by atoms with van der Waals surface area (Å²) in [5.41, 5.74) is 0. The third kappa shape index (κ3) is 3.67. The Morgan fingerprint density at radius 1 is 1.20 bits per heavy atom.